The molecule has 0 aliphatic carbocycles. The Kier molecular flexibility index (Phi) is 17.4. The Morgan fingerprint density at radius 1 is 0.667 bits per heavy atom. The number of hydrogen-bond acceptors (Lipinski definition) is 4. The lowest BCUT2D eigenvalue weighted by Crippen LogP contribution is -2.20. The molecule has 0 saturated heterocycles. The summed E-state index contributed by atoms with van der Waals surface area (Å²) in [6.07, 6.45) is 18.8. The monoisotopic (exact) mass is 460 g/mol. The topological polar surface area (TPSA) is 52.6 Å². The molecular weight excluding hydrogens is 412 g/mol. The van der Waals surface area contributed by atoms with E-state index in [1.165, 1.54) is 64.2 Å². The minimum atomic E-state index is -0.438. The highest BCUT2D eigenvalue weighted by atomic mass is 16.5. The van der Waals surface area contributed by atoms with E-state index in [9.17, 15) is 9.59 Å². The number of esters is 2. The molecule has 0 heterocycles. The minimum absolute atomic E-state index is 0.109. The number of unbranched alkanes of at least 4 members (excludes halogenated alkanes) is 12. The van der Waals surface area contributed by atoms with Crippen LogP contribution in [0.15, 0.2) is 24.3 Å². The van der Waals surface area contributed by atoms with Gasteiger partial charge < -0.3 is 9.47 Å². The third kappa shape index (κ3) is 13.5. The van der Waals surface area contributed by atoms with Crippen molar-refractivity contribution in [2.24, 2.45) is 0 Å². The van der Waals surface area contributed by atoms with Crippen LogP contribution in [0.2, 0.25) is 0 Å². The lowest BCUT2D eigenvalue weighted by Gasteiger charge is -2.17. The summed E-state index contributed by atoms with van der Waals surface area (Å²) >= 11 is 0. The molecular formula is C29H48O4. The summed E-state index contributed by atoms with van der Waals surface area (Å²) in [4.78, 5) is 25.2. The van der Waals surface area contributed by atoms with Gasteiger partial charge in [-0.25, -0.2) is 9.59 Å². The van der Waals surface area contributed by atoms with Crippen LogP contribution in [0.25, 0.3) is 0 Å². The van der Waals surface area contributed by atoms with Crippen LogP contribution in [0.1, 0.15) is 144 Å². The maximum absolute atomic E-state index is 12.7. The van der Waals surface area contributed by atoms with E-state index in [-0.39, 0.29) is 6.10 Å². The first-order valence-corrected chi connectivity index (χ1v) is 13.6. The molecule has 0 fully saturated rings. The highest BCUT2D eigenvalue weighted by Crippen LogP contribution is 2.17. The van der Waals surface area contributed by atoms with E-state index >= 15 is 0 Å². The first kappa shape index (κ1) is 29.2. The molecule has 188 valence electrons. The van der Waals surface area contributed by atoms with E-state index < -0.39 is 11.9 Å². The van der Waals surface area contributed by atoms with Crippen molar-refractivity contribution in [2.75, 3.05) is 6.61 Å². The molecule has 1 unspecified atom stereocenters. The van der Waals surface area contributed by atoms with Crippen LogP contribution >= 0.6 is 0 Å². The van der Waals surface area contributed by atoms with Crippen LogP contribution in [0.5, 0.6) is 0 Å². The molecule has 4 heteroatoms. The second-order valence-corrected chi connectivity index (χ2v) is 9.15. The Morgan fingerprint density at radius 2 is 1.15 bits per heavy atom. The van der Waals surface area contributed by atoms with Crippen molar-refractivity contribution in [2.45, 2.75) is 130 Å². The second-order valence-electron chi connectivity index (χ2n) is 9.15. The molecule has 0 aliphatic heterocycles. The van der Waals surface area contributed by atoms with Crippen molar-refractivity contribution >= 4 is 11.9 Å². The third-order valence-electron chi connectivity index (χ3n) is 6.21. The molecule has 1 aromatic carbocycles. The van der Waals surface area contributed by atoms with E-state index in [1.54, 1.807) is 24.3 Å². The molecule has 0 amide bonds. The predicted molar refractivity (Wildman–Crippen MR) is 137 cm³/mol. The molecule has 0 N–H and O–H groups in total. The van der Waals surface area contributed by atoms with Gasteiger partial charge in [-0.15, -0.1) is 0 Å². The van der Waals surface area contributed by atoms with Crippen LogP contribution in [0, 0.1) is 0 Å². The number of carbonyl (C=O) groups is 2. The van der Waals surface area contributed by atoms with Crippen molar-refractivity contribution in [3.8, 4) is 0 Å². The SMILES string of the molecule is CCCCCCCCCCCCCCOC(=O)c1ccccc1C(=O)OC(CC)CCCC. The van der Waals surface area contributed by atoms with Gasteiger partial charge in [-0.2, -0.15) is 0 Å². The van der Waals surface area contributed by atoms with Crippen molar-refractivity contribution in [1.29, 1.82) is 0 Å². The fourth-order valence-electron chi connectivity index (χ4n) is 4.02. The second kappa shape index (κ2) is 19.6. The van der Waals surface area contributed by atoms with Gasteiger partial charge in [-0.1, -0.05) is 116 Å². The Morgan fingerprint density at radius 3 is 1.67 bits per heavy atom. The van der Waals surface area contributed by atoms with Gasteiger partial charge in [-0.05, 0) is 31.4 Å². The van der Waals surface area contributed by atoms with Gasteiger partial charge in [0, 0.05) is 0 Å². The van der Waals surface area contributed by atoms with Gasteiger partial charge in [0.25, 0.3) is 0 Å². The molecule has 1 aromatic rings. The number of carbonyl (C=O) groups excluding carboxylic acids is 2. The predicted octanol–water partition coefficient (Wildman–Crippen LogP) is 8.67. The summed E-state index contributed by atoms with van der Waals surface area (Å²) in [5, 5.41) is 0. The zero-order valence-electron chi connectivity index (χ0n) is 21.5. The number of hydrogen-bond donors (Lipinski definition) is 0. The maximum atomic E-state index is 12.7. The van der Waals surface area contributed by atoms with Gasteiger partial charge in [-0.3, -0.25) is 0 Å². The number of rotatable bonds is 20. The Bertz CT molecular complexity index is 640. The van der Waals surface area contributed by atoms with Crippen molar-refractivity contribution in [1.82, 2.24) is 0 Å². The Hall–Kier alpha value is -1.84. The summed E-state index contributed by atoms with van der Waals surface area (Å²) in [7, 11) is 0. The van der Waals surface area contributed by atoms with Crippen LogP contribution in [-0.2, 0) is 9.47 Å². The van der Waals surface area contributed by atoms with Crippen LogP contribution in [0.4, 0.5) is 0 Å². The fraction of sp³-hybridized carbons (Fsp3) is 0.724. The van der Waals surface area contributed by atoms with Crippen LogP contribution in [-0.4, -0.2) is 24.6 Å². The third-order valence-corrected chi connectivity index (χ3v) is 6.21. The zero-order chi connectivity index (χ0) is 24.2. The fourth-order valence-corrected chi connectivity index (χ4v) is 4.02. The lowest BCUT2D eigenvalue weighted by atomic mass is 10.1. The van der Waals surface area contributed by atoms with Gasteiger partial charge >= 0.3 is 11.9 Å². The largest absolute Gasteiger partial charge is 0.462 e. The highest BCUT2D eigenvalue weighted by molar-refractivity contribution is 6.03. The lowest BCUT2D eigenvalue weighted by molar-refractivity contribution is 0.0258. The van der Waals surface area contributed by atoms with Crippen molar-refractivity contribution in [3.05, 3.63) is 35.4 Å². The Balaban J connectivity index is 2.26. The molecule has 1 atom stereocenters. The van der Waals surface area contributed by atoms with Gasteiger partial charge in [0.05, 0.1) is 17.7 Å². The van der Waals surface area contributed by atoms with Crippen LogP contribution in [0.3, 0.4) is 0 Å². The number of ether oxygens (including phenoxy) is 2. The maximum Gasteiger partial charge on any atom is 0.339 e. The molecule has 1 rings (SSSR count). The van der Waals surface area contributed by atoms with E-state index in [4.69, 9.17) is 9.47 Å². The first-order chi connectivity index (χ1) is 16.1. The summed E-state index contributed by atoms with van der Waals surface area (Å²) in [5.41, 5.74) is 0.596. The van der Waals surface area contributed by atoms with Crippen molar-refractivity contribution in [3.63, 3.8) is 0 Å². The molecule has 4 nitrogen and oxygen atoms in total. The van der Waals surface area contributed by atoms with Gasteiger partial charge in [0.2, 0.25) is 0 Å². The van der Waals surface area contributed by atoms with Gasteiger partial charge in [0.1, 0.15) is 6.10 Å². The van der Waals surface area contributed by atoms with E-state index in [2.05, 4.69) is 13.8 Å². The van der Waals surface area contributed by atoms with E-state index in [1.807, 2.05) is 6.92 Å². The van der Waals surface area contributed by atoms with Gasteiger partial charge in [0.15, 0.2) is 0 Å². The minimum Gasteiger partial charge on any atom is -0.462 e. The average Bonchev–Trinajstić information content (AvgIpc) is 2.84. The molecule has 0 spiro atoms. The smallest absolute Gasteiger partial charge is 0.339 e. The summed E-state index contributed by atoms with van der Waals surface area (Å²) in [6.45, 7) is 6.79. The first-order valence-electron chi connectivity index (χ1n) is 13.6. The highest BCUT2D eigenvalue weighted by Gasteiger charge is 2.21. The molecule has 0 saturated carbocycles. The van der Waals surface area contributed by atoms with Crippen LogP contribution < -0.4 is 0 Å². The zero-order valence-corrected chi connectivity index (χ0v) is 21.5. The molecule has 0 aliphatic rings. The normalized spacial score (nSPS) is 11.8. The number of benzene rings is 1. The molecule has 0 bridgehead atoms. The standard InChI is InChI=1S/C29H48O4/c1-4-7-9-10-11-12-13-14-15-16-17-20-24-32-28(30)26-22-18-19-23-27(26)29(31)33-25(6-3)21-8-5-2/h18-19,22-23,25H,4-17,20-21,24H2,1-3H3. The molecule has 0 radical (unpaired) electrons. The summed E-state index contributed by atoms with van der Waals surface area (Å²) in [6, 6.07) is 6.81. The molecule has 33 heavy (non-hydrogen) atoms. The Labute approximate surface area is 202 Å². The summed E-state index contributed by atoms with van der Waals surface area (Å²) in [5.74, 6) is -0.872. The quantitative estimate of drug-likeness (QED) is 0.144. The average molecular weight is 461 g/mol. The summed E-state index contributed by atoms with van der Waals surface area (Å²) < 4.78 is 11.1. The van der Waals surface area contributed by atoms with E-state index in [0.717, 1.165) is 38.5 Å². The molecule has 0 aromatic heterocycles. The van der Waals surface area contributed by atoms with Crippen molar-refractivity contribution < 1.29 is 19.1 Å². The van der Waals surface area contributed by atoms with E-state index in [0.29, 0.717) is 17.7 Å².